The maximum Gasteiger partial charge on any atom is 0.281 e. The summed E-state index contributed by atoms with van der Waals surface area (Å²) in [6, 6.07) is 0. The smallest absolute Gasteiger partial charge is 0.281 e. The van der Waals surface area contributed by atoms with E-state index in [1.165, 1.54) is 23.0 Å². The van der Waals surface area contributed by atoms with E-state index in [-0.39, 0.29) is 10.2 Å². The Balaban J connectivity index is 2.89. The van der Waals surface area contributed by atoms with Crippen molar-refractivity contribution in [2.75, 3.05) is 0 Å². The average Bonchev–Trinajstić information content (AvgIpc) is 2.44. The summed E-state index contributed by atoms with van der Waals surface area (Å²) in [5, 5.41) is -0.397. The molecule has 0 aliphatic heterocycles. The SMILES string of the molecule is O=S(=O)(Cl)c1nc2cnccn2c1Cl. The van der Waals surface area contributed by atoms with Gasteiger partial charge in [0.1, 0.15) is 0 Å². The van der Waals surface area contributed by atoms with E-state index in [0.717, 1.165) is 0 Å². The molecule has 0 amide bonds. The number of hydrogen-bond acceptors (Lipinski definition) is 4. The Morgan fingerprint density at radius 2 is 2.14 bits per heavy atom. The van der Waals surface area contributed by atoms with Crippen LogP contribution in [0.25, 0.3) is 5.65 Å². The van der Waals surface area contributed by atoms with E-state index in [2.05, 4.69) is 9.97 Å². The predicted molar refractivity (Wildman–Crippen MR) is 51.0 cm³/mol. The van der Waals surface area contributed by atoms with Gasteiger partial charge in [-0.25, -0.2) is 13.4 Å². The van der Waals surface area contributed by atoms with Gasteiger partial charge in [0, 0.05) is 23.1 Å². The van der Waals surface area contributed by atoms with Crippen molar-refractivity contribution in [3.05, 3.63) is 23.7 Å². The van der Waals surface area contributed by atoms with Crippen LogP contribution < -0.4 is 0 Å². The van der Waals surface area contributed by atoms with Gasteiger partial charge in [0.05, 0.1) is 6.20 Å². The largest absolute Gasteiger partial charge is 0.286 e. The normalized spacial score (nSPS) is 12.1. The van der Waals surface area contributed by atoms with Gasteiger partial charge in [-0.2, -0.15) is 0 Å². The van der Waals surface area contributed by atoms with Gasteiger partial charge in [-0.1, -0.05) is 11.6 Å². The number of rotatable bonds is 1. The van der Waals surface area contributed by atoms with Crippen molar-refractivity contribution in [3.63, 3.8) is 0 Å². The molecular weight excluding hydrogens is 249 g/mol. The van der Waals surface area contributed by atoms with Crippen molar-refractivity contribution in [2.45, 2.75) is 5.03 Å². The molecule has 0 aliphatic carbocycles. The lowest BCUT2D eigenvalue weighted by Crippen LogP contribution is -1.91. The van der Waals surface area contributed by atoms with Crippen molar-refractivity contribution in [1.82, 2.24) is 14.4 Å². The molecule has 0 fully saturated rings. The van der Waals surface area contributed by atoms with Crippen LogP contribution in [0.3, 0.4) is 0 Å². The minimum atomic E-state index is -3.91. The summed E-state index contributed by atoms with van der Waals surface area (Å²) < 4.78 is 23.4. The molecular formula is C6H3Cl2N3O2S. The van der Waals surface area contributed by atoms with Gasteiger partial charge >= 0.3 is 0 Å². The van der Waals surface area contributed by atoms with Gasteiger partial charge < -0.3 is 0 Å². The molecule has 0 radical (unpaired) electrons. The van der Waals surface area contributed by atoms with Crippen LogP contribution in [0.2, 0.25) is 5.15 Å². The Kier molecular flexibility index (Phi) is 2.13. The Labute approximate surface area is 88.7 Å². The van der Waals surface area contributed by atoms with Crippen LogP contribution in [0.1, 0.15) is 0 Å². The van der Waals surface area contributed by atoms with Crippen molar-refractivity contribution >= 4 is 37.0 Å². The summed E-state index contributed by atoms with van der Waals surface area (Å²) in [6.07, 6.45) is 4.35. The van der Waals surface area contributed by atoms with Gasteiger partial charge in [0.2, 0.25) is 5.03 Å². The zero-order valence-electron chi connectivity index (χ0n) is 6.55. The van der Waals surface area contributed by atoms with Crippen LogP contribution in [0.5, 0.6) is 0 Å². The molecule has 0 unspecified atom stereocenters. The van der Waals surface area contributed by atoms with E-state index in [4.69, 9.17) is 22.3 Å². The number of halogens is 2. The molecule has 5 nitrogen and oxygen atoms in total. The predicted octanol–water partition coefficient (Wildman–Crippen LogP) is 1.31. The molecule has 0 N–H and O–H groups in total. The zero-order chi connectivity index (χ0) is 10.3. The van der Waals surface area contributed by atoms with Crippen molar-refractivity contribution in [2.24, 2.45) is 0 Å². The molecule has 2 heterocycles. The highest BCUT2D eigenvalue weighted by Gasteiger charge is 2.21. The Hall–Kier alpha value is -0.850. The summed E-state index contributed by atoms with van der Waals surface area (Å²) in [6.45, 7) is 0. The molecule has 0 bridgehead atoms. The van der Waals surface area contributed by atoms with E-state index >= 15 is 0 Å². The Bertz CT molecular complexity index is 592. The summed E-state index contributed by atoms with van der Waals surface area (Å²) in [5.74, 6) is 0. The maximum atomic E-state index is 11.0. The molecule has 14 heavy (non-hydrogen) atoms. The first-order valence-electron chi connectivity index (χ1n) is 3.42. The number of fused-ring (bicyclic) bond motifs is 1. The highest BCUT2D eigenvalue weighted by atomic mass is 35.7. The van der Waals surface area contributed by atoms with Gasteiger partial charge in [0.25, 0.3) is 9.05 Å². The number of imidazole rings is 1. The fourth-order valence-corrected chi connectivity index (χ4v) is 2.44. The standard InChI is InChI=1S/C6H3Cl2N3O2S/c7-5-6(14(8,12)13)10-4-3-9-1-2-11(4)5/h1-3H. The second-order valence-electron chi connectivity index (χ2n) is 2.45. The van der Waals surface area contributed by atoms with Crippen LogP contribution in [-0.4, -0.2) is 22.8 Å². The third-order valence-electron chi connectivity index (χ3n) is 1.57. The fraction of sp³-hybridized carbons (Fsp3) is 0. The Morgan fingerprint density at radius 3 is 2.71 bits per heavy atom. The molecule has 74 valence electrons. The van der Waals surface area contributed by atoms with E-state index in [9.17, 15) is 8.42 Å². The summed E-state index contributed by atoms with van der Waals surface area (Å²) in [4.78, 5) is 7.50. The molecule has 0 spiro atoms. The highest BCUT2D eigenvalue weighted by molar-refractivity contribution is 8.13. The minimum absolute atomic E-state index is 0.0441. The lowest BCUT2D eigenvalue weighted by Gasteiger charge is -1.91. The molecule has 0 atom stereocenters. The van der Waals surface area contributed by atoms with Gasteiger partial charge in [-0.15, -0.1) is 0 Å². The van der Waals surface area contributed by atoms with Crippen LogP contribution in [0.15, 0.2) is 23.6 Å². The van der Waals surface area contributed by atoms with Crippen molar-refractivity contribution in [3.8, 4) is 0 Å². The first-order chi connectivity index (χ1) is 6.50. The first kappa shape index (κ1) is 9.70. The molecule has 0 aliphatic rings. The Morgan fingerprint density at radius 1 is 1.43 bits per heavy atom. The van der Waals surface area contributed by atoms with Crippen molar-refractivity contribution in [1.29, 1.82) is 0 Å². The van der Waals surface area contributed by atoms with Gasteiger partial charge in [-0.05, 0) is 0 Å². The lowest BCUT2D eigenvalue weighted by atomic mass is 10.7. The number of hydrogen-bond donors (Lipinski definition) is 0. The fourth-order valence-electron chi connectivity index (χ4n) is 1.01. The van der Waals surface area contributed by atoms with E-state index < -0.39 is 9.05 Å². The molecule has 0 saturated heterocycles. The average molecular weight is 252 g/mol. The summed E-state index contributed by atoms with van der Waals surface area (Å²) in [5.41, 5.74) is 0.330. The lowest BCUT2D eigenvalue weighted by molar-refractivity contribution is 0.607. The van der Waals surface area contributed by atoms with E-state index in [1.807, 2.05) is 0 Å². The first-order valence-corrected chi connectivity index (χ1v) is 6.11. The van der Waals surface area contributed by atoms with Gasteiger partial charge in [-0.3, -0.25) is 9.38 Å². The van der Waals surface area contributed by atoms with E-state index in [1.54, 1.807) is 0 Å². The van der Waals surface area contributed by atoms with Crippen molar-refractivity contribution < 1.29 is 8.42 Å². The van der Waals surface area contributed by atoms with Crippen LogP contribution in [-0.2, 0) is 9.05 Å². The molecule has 8 heteroatoms. The third-order valence-corrected chi connectivity index (χ3v) is 3.23. The minimum Gasteiger partial charge on any atom is -0.286 e. The molecule has 2 aromatic heterocycles. The van der Waals surface area contributed by atoms with Crippen LogP contribution in [0, 0.1) is 0 Å². The second-order valence-corrected chi connectivity index (χ2v) is 5.29. The highest BCUT2D eigenvalue weighted by Crippen LogP contribution is 2.24. The molecule has 0 saturated carbocycles. The molecule has 2 rings (SSSR count). The van der Waals surface area contributed by atoms with Crippen LogP contribution >= 0.6 is 22.3 Å². The maximum absolute atomic E-state index is 11.0. The van der Waals surface area contributed by atoms with Gasteiger partial charge in [0.15, 0.2) is 10.8 Å². The van der Waals surface area contributed by atoms with Crippen LogP contribution in [0.4, 0.5) is 0 Å². The molecule has 0 aromatic carbocycles. The number of nitrogens with zero attached hydrogens (tertiary/aromatic N) is 3. The third kappa shape index (κ3) is 1.45. The second kappa shape index (κ2) is 3.08. The summed E-state index contributed by atoms with van der Waals surface area (Å²) in [7, 11) is 1.21. The molecule has 2 aromatic rings. The van der Waals surface area contributed by atoms with E-state index in [0.29, 0.717) is 5.65 Å². The monoisotopic (exact) mass is 251 g/mol. The quantitative estimate of drug-likeness (QED) is 0.718. The zero-order valence-corrected chi connectivity index (χ0v) is 8.88. The summed E-state index contributed by atoms with van der Waals surface area (Å²) >= 11 is 5.75. The topological polar surface area (TPSA) is 64.3 Å². The number of aromatic nitrogens is 3.